The Kier molecular flexibility index (Phi) is 4.03. The predicted octanol–water partition coefficient (Wildman–Crippen LogP) is 4.08. The number of allylic oxidation sites excluding steroid dienone is 1. The van der Waals surface area contributed by atoms with E-state index in [2.05, 4.69) is 13.8 Å². The van der Waals surface area contributed by atoms with E-state index in [9.17, 15) is 14.7 Å². The molecule has 0 bridgehead atoms. The highest BCUT2D eigenvalue weighted by atomic mass is 16.3. The van der Waals surface area contributed by atoms with Gasteiger partial charge >= 0.3 is 0 Å². The average molecular weight is 344 g/mol. The molecule has 4 aliphatic rings. The van der Waals surface area contributed by atoms with Crippen LogP contribution in [0.2, 0.25) is 0 Å². The van der Waals surface area contributed by atoms with Gasteiger partial charge in [0.15, 0.2) is 5.78 Å². The first-order valence-electron chi connectivity index (χ1n) is 10.3. The zero-order valence-corrected chi connectivity index (χ0v) is 15.9. The second kappa shape index (κ2) is 5.77. The average Bonchev–Trinajstić information content (AvgIpc) is 2.91. The summed E-state index contributed by atoms with van der Waals surface area (Å²) in [5.41, 5.74) is 1.23. The van der Waals surface area contributed by atoms with Crippen LogP contribution < -0.4 is 0 Å². The van der Waals surface area contributed by atoms with Crippen molar-refractivity contribution in [3.8, 4) is 0 Å². The Bertz CT molecular complexity index is 635. The summed E-state index contributed by atoms with van der Waals surface area (Å²) < 4.78 is 0. The van der Waals surface area contributed by atoms with Crippen LogP contribution in [0.15, 0.2) is 11.6 Å². The normalized spacial score (nSPS) is 49.0. The predicted molar refractivity (Wildman–Crippen MR) is 96.9 cm³/mol. The van der Waals surface area contributed by atoms with Crippen LogP contribution >= 0.6 is 0 Å². The smallest absolute Gasteiger partial charge is 0.155 e. The molecule has 3 nitrogen and oxygen atoms in total. The highest BCUT2D eigenvalue weighted by Crippen LogP contribution is 2.66. The molecule has 7 atom stereocenters. The van der Waals surface area contributed by atoms with Crippen molar-refractivity contribution in [3.05, 3.63) is 11.6 Å². The van der Waals surface area contributed by atoms with Crippen LogP contribution in [0, 0.1) is 34.5 Å². The van der Waals surface area contributed by atoms with E-state index in [1.807, 2.05) is 13.0 Å². The van der Waals surface area contributed by atoms with Crippen LogP contribution in [0.25, 0.3) is 0 Å². The molecule has 0 aromatic heterocycles. The minimum absolute atomic E-state index is 0.0234. The van der Waals surface area contributed by atoms with E-state index in [0.29, 0.717) is 30.5 Å². The lowest BCUT2D eigenvalue weighted by molar-refractivity contribution is -0.144. The van der Waals surface area contributed by atoms with Crippen LogP contribution in [-0.2, 0) is 9.59 Å². The zero-order chi connectivity index (χ0) is 18.0. The highest BCUT2D eigenvalue weighted by molar-refractivity contribution is 5.91. The Morgan fingerprint density at radius 2 is 2.00 bits per heavy atom. The summed E-state index contributed by atoms with van der Waals surface area (Å²) in [6.07, 6.45) is 8.62. The quantitative estimate of drug-likeness (QED) is 0.821. The van der Waals surface area contributed by atoms with Gasteiger partial charge in [-0.1, -0.05) is 26.3 Å². The van der Waals surface area contributed by atoms with Crippen molar-refractivity contribution in [2.75, 3.05) is 0 Å². The van der Waals surface area contributed by atoms with E-state index < -0.39 is 0 Å². The van der Waals surface area contributed by atoms with Crippen LogP contribution in [0.4, 0.5) is 0 Å². The Labute approximate surface area is 151 Å². The number of aliphatic hydroxyl groups excluding tert-OH is 1. The number of aliphatic hydroxyl groups is 1. The van der Waals surface area contributed by atoms with Crippen molar-refractivity contribution in [2.24, 2.45) is 34.5 Å². The first-order chi connectivity index (χ1) is 11.8. The summed E-state index contributed by atoms with van der Waals surface area (Å²) in [5, 5.41) is 11.2. The van der Waals surface area contributed by atoms with Gasteiger partial charge in [-0.15, -0.1) is 0 Å². The van der Waals surface area contributed by atoms with E-state index in [0.717, 1.165) is 38.5 Å². The third-order valence-corrected chi connectivity index (χ3v) is 8.63. The van der Waals surface area contributed by atoms with Gasteiger partial charge in [-0.25, -0.2) is 0 Å². The molecule has 3 saturated carbocycles. The van der Waals surface area contributed by atoms with Crippen LogP contribution in [0.3, 0.4) is 0 Å². The van der Waals surface area contributed by atoms with E-state index in [1.54, 1.807) is 0 Å². The molecule has 0 aromatic rings. The second-order valence-electron chi connectivity index (χ2n) is 9.62. The fraction of sp³-hybridized carbons (Fsp3) is 0.818. The standard InChI is InChI=1S/C22H32O3/c1-4-18(24)17-8-7-16-15-6-5-13-11-14(23)9-10-21(13,2)20(15)19(25)12-22(16,17)3/h11,15-17,19-20,25H,4-10,12H2,1-3H3/t15-,16-,17+,19-,20+,21-,22-/m0/s1. The van der Waals surface area contributed by atoms with Gasteiger partial charge in [-0.05, 0) is 73.2 Å². The maximum absolute atomic E-state index is 12.5. The van der Waals surface area contributed by atoms with Crippen LogP contribution in [0.1, 0.15) is 72.1 Å². The Hall–Kier alpha value is -0.960. The monoisotopic (exact) mass is 344 g/mol. The third kappa shape index (κ3) is 2.34. The van der Waals surface area contributed by atoms with Crippen molar-refractivity contribution in [3.63, 3.8) is 0 Å². The molecule has 4 rings (SSSR count). The van der Waals surface area contributed by atoms with Gasteiger partial charge in [0.05, 0.1) is 6.10 Å². The van der Waals surface area contributed by atoms with Crippen LogP contribution in [0.5, 0.6) is 0 Å². The van der Waals surface area contributed by atoms with Gasteiger partial charge in [-0.3, -0.25) is 9.59 Å². The lowest BCUT2D eigenvalue weighted by Crippen LogP contribution is -2.57. The summed E-state index contributed by atoms with van der Waals surface area (Å²) >= 11 is 0. The molecule has 0 spiro atoms. The Morgan fingerprint density at radius 1 is 1.24 bits per heavy atom. The van der Waals surface area contributed by atoms with Gasteiger partial charge in [0.2, 0.25) is 0 Å². The molecule has 0 saturated heterocycles. The number of rotatable bonds is 2. The maximum atomic E-state index is 12.5. The van der Waals surface area contributed by atoms with Crippen LogP contribution in [-0.4, -0.2) is 22.8 Å². The number of carbonyl (C=O) groups excluding carboxylic acids is 2. The van der Waals surface area contributed by atoms with Gasteiger partial charge in [-0.2, -0.15) is 0 Å². The number of hydrogen-bond acceptors (Lipinski definition) is 3. The van der Waals surface area contributed by atoms with Crippen molar-refractivity contribution >= 4 is 11.6 Å². The first kappa shape index (κ1) is 17.5. The summed E-state index contributed by atoms with van der Waals surface area (Å²) in [5.74, 6) is 2.10. The topological polar surface area (TPSA) is 54.4 Å². The molecule has 25 heavy (non-hydrogen) atoms. The third-order valence-electron chi connectivity index (χ3n) is 8.63. The number of Topliss-reactive ketones (excluding diaryl/α,β-unsaturated/α-hetero) is 1. The lowest BCUT2D eigenvalue weighted by atomic mass is 9.46. The molecule has 0 heterocycles. The Balaban J connectivity index is 1.70. The largest absolute Gasteiger partial charge is 0.393 e. The molecule has 3 heteroatoms. The summed E-state index contributed by atoms with van der Waals surface area (Å²) in [4.78, 5) is 24.4. The maximum Gasteiger partial charge on any atom is 0.155 e. The summed E-state index contributed by atoms with van der Waals surface area (Å²) in [6.45, 7) is 6.54. The molecule has 0 aliphatic heterocycles. The van der Waals surface area contributed by atoms with Gasteiger partial charge in [0, 0.05) is 18.8 Å². The molecule has 0 radical (unpaired) electrons. The van der Waals surface area contributed by atoms with Crippen molar-refractivity contribution in [1.29, 1.82) is 0 Å². The summed E-state index contributed by atoms with van der Waals surface area (Å²) in [6, 6.07) is 0. The second-order valence-corrected chi connectivity index (χ2v) is 9.62. The fourth-order valence-corrected chi connectivity index (χ4v) is 7.46. The summed E-state index contributed by atoms with van der Waals surface area (Å²) in [7, 11) is 0. The number of hydrogen-bond donors (Lipinski definition) is 1. The van der Waals surface area contributed by atoms with Gasteiger partial charge in [0.25, 0.3) is 0 Å². The molecular weight excluding hydrogens is 312 g/mol. The number of fused-ring (bicyclic) bond motifs is 5. The Morgan fingerprint density at radius 3 is 2.72 bits per heavy atom. The molecule has 0 aromatic carbocycles. The molecule has 1 N–H and O–H groups in total. The lowest BCUT2D eigenvalue weighted by Gasteiger charge is -2.59. The van der Waals surface area contributed by atoms with E-state index >= 15 is 0 Å². The van der Waals surface area contributed by atoms with Gasteiger partial charge < -0.3 is 5.11 Å². The zero-order valence-electron chi connectivity index (χ0n) is 15.9. The SMILES string of the molecule is CCC(=O)[C@H]1CC[C@H]2[C@@H]3CCC4=CC(=O)CC[C@]4(C)[C@H]3[C@@H](O)C[C@]12C. The molecule has 4 aliphatic carbocycles. The van der Waals surface area contributed by atoms with Crippen molar-refractivity contribution in [1.82, 2.24) is 0 Å². The number of ketones is 2. The number of carbonyl (C=O) groups is 2. The first-order valence-corrected chi connectivity index (χ1v) is 10.3. The van der Waals surface area contributed by atoms with E-state index in [1.165, 1.54) is 5.57 Å². The van der Waals surface area contributed by atoms with Gasteiger partial charge in [0.1, 0.15) is 5.78 Å². The highest BCUT2D eigenvalue weighted by Gasteiger charge is 2.62. The van der Waals surface area contributed by atoms with Crippen molar-refractivity contribution in [2.45, 2.75) is 78.2 Å². The minimum atomic E-state index is -0.349. The molecule has 0 unspecified atom stereocenters. The van der Waals surface area contributed by atoms with E-state index in [4.69, 9.17) is 0 Å². The van der Waals surface area contributed by atoms with E-state index in [-0.39, 0.29) is 34.6 Å². The molecule has 3 fully saturated rings. The minimum Gasteiger partial charge on any atom is -0.393 e. The molecule has 138 valence electrons. The molecule has 0 amide bonds. The molecular formula is C22H32O3. The fourth-order valence-electron chi connectivity index (χ4n) is 7.46. The van der Waals surface area contributed by atoms with Crippen molar-refractivity contribution < 1.29 is 14.7 Å².